The average Bonchev–Trinajstić information content (AvgIpc) is 3.27. The minimum Gasteiger partial charge on any atom is -0.492 e. The van der Waals surface area contributed by atoms with Crippen molar-refractivity contribution in [2.24, 2.45) is 0 Å². The molecule has 1 aromatic heterocycles. The third-order valence-electron chi connectivity index (χ3n) is 5.98. The fraction of sp³-hybridized carbons (Fsp3) is 0.286. The summed E-state index contributed by atoms with van der Waals surface area (Å²) < 4.78 is 13.5. The zero-order chi connectivity index (χ0) is 24.5. The SMILES string of the molecule is CCN(CC)CCOc1ccc(-c2nnn(Cc3ccc(OCc4ccccc4)cc3)c2N)cc1. The van der Waals surface area contributed by atoms with Gasteiger partial charge in [-0.2, -0.15) is 0 Å². The first kappa shape index (κ1) is 24.3. The second-order valence-electron chi connectivity index (χ2n) is 8.30. The van der Waals surface area contributed by atoms with E-state index in [1.165, 1.54) is 0 Å². The summed E-state index contributed by atoms with van der Waals surface area (Å²) >= 11 is 0. The summed E-state index contributed by atoms with van der Waals surface area (Å²) in [7, 11) is 0. The Morgan fingerprint density at radius 2 is 1.46 bits per heavy atom. The van der Waals surface area contributed by atoms with Crippen molar-refractivity contribution in [3.8, 4) is 22.8 Å². The van der Waals surface area contributed by atoms with Gasteiger partial charge in [0.15, 0.2) is 5.82 Å². The monoisotopic (exact) mass is 471 g/mol. The lowest BCUT2D eigenvalue weighted by molar-refractivity contribution is 0.223. The van der Waals surface area contributed by atoms with Gasteiger partial charge in [0.25, 0.3) is 0 Å². The van der Waals surface area contributed by atoms with E-state index in [2.05, 4.69) is 29.1 Å². The Balaban J connectivity index is 1.33. The fourth-order valence-electron chi connectivity index (χ4n) is 3.79. The molecule has 0 amide bonds. The highest BCUT2D eigenvalue weighted by Crippen LogP contribution is 2.26. The van der Waals surface area contributed by atoms with Crippen molar-refractivity contribution in [2.45, 2.75) is 27.0 Å². The van der Waals surface area contributed by atoms with Crippen LogP contribution in [0.25, 0.3) is 11.3 Å². The molecule has 0 saturated heterocycles. The van der Waals surface area contributed by atoms with Crippen LogP contribution in [0.4, 0.5) is 5.82 Å². The summed E-state index contributed by atoms with van der Waals surface area (Å²) in [5.41, 5.74) is 10.2. The minimum absolute atomic E-state index is 0.532. The molecule has 1 heterocycles. The van der Waals surface area contributed by atoms with E-state index in [-0.39, 0.29) is 0 Å². The van der Waals surface area contributed by atoms with Crippen LogP contribution in [0.15, 0.2) is 78.9 Å². The van der Waals surface area contributed by atoms with Gasteiger partial charge in [0.2, 0.25) is 0 Å². The molecule has 7 heteroatoms. The summed E-state index contributed by atoms with van der Waals surface area (Å²) in [6.45, 7) is 9.02. The van der Waals surface area contributed by atoms with E-state index >= 15 is 0 Å². The Labute approximate surface area is 207 Å². The Morgan fingerprint density at radius 1 is 0.800 bits per heavy atom. The van der Waals surface area contributed by atoms with Crippen LogP contribution in [-0.2, 0) is 13.2 Å². The molecular formula is C28H33N5O2. The quantitative estimate of drug-likeness (QED) is 0.317. The molecular weight excluding hydrogens is 438 g/mol. The van der Waals surface area contributed by atoms with Gasteiger partial charge in [-0.05, 0) is 60.6 Å². The molecule has 0 aliphatic carbocycles. The van der Waals surface area contributed by atoms with Crippen molar-refractivity contribution < 1.29 is 9.47 Å². The molecule has 0 spiro atoms. The molecule has 0 atom stereocenters. The van der Waals surface area contributed by atoms with Crippen LogP contribution in [-0.4, -0.2) is 46.1 Å². The molecule has 3 aromatic carbocycles. The molecule has 182 valence electrons. The standard InChI is InChI=1S/C28H33N5O2/c1-3-32(4-2)18-19-34-25-16-12-24(13-17-25)27-28(29)33(31-30-27)20-22-10-14-26(15-11-22)35-21-23-8-6-5-7-9-23/h5-17H,3-4,18-21,29H2,1-2H3. The van der Waals surface area contributed by atoms with Crippen molar-refractivity contribution in [3.05, 3.63) is 90.0 Å². The van der Waals surface area contributed by atoms with Gasteiger partial charge < -0.3 is 20.1 Å². The zero-order valence-electron chi connectivity index (χ0n) is 20.4. The van der Waals surface area contributed by atoms with Crippen LogP contribution in [0, 0.1) is 0 Å². The Bertz CT molecular complexity index is 1170. The average molecular weight is 472 g/mol. The van der Waals surface area contributed by atoms with Crippen LogP contribution >= 0.6 is 0 Å². The maximum atomic E-state index is 6.38. The second kappa shape index (κ2) is 12.0. The number of nitrogen functional groups attached to an aromatic ring is 1. The molecule has 0 saturated carbocycles. The fourth-order valence-corrected chi connectivity index (χ4v) is 3.79. The lowest BCUT2D eigenvalue weighted by Crippen LogP contribution is -2.27. The highest BCUT2D eigenvalue weighted by Gasteiger charge is 2.12. The summed E-state index contributed by atoms with van der Waals surface area (Å²) in [6, 6.07) is 25.9. The smallest absolute Gasteiger partial charge is 0.150 e. The van der Waals surface area contributed by atoms with E-state index in [0.29, 0.717) is 31.3 Å². The molecule has 35 heavy (non-hydrogen) atoms. The van der Waals surface area contributed by atoms with Crippen molar-refractivity contribution in [1.82, 2.24) is 19.9 Å². The normalized spacial score (nSPS) is 11.1. The van der Waals surface area contributed by atoms with Gasteiger partial charge in [-0.25, -0.2) is 4.68 Å². The van der Waals surface area contributed by atoms with Gasteiger partial charge in [0.1, 0.15) is 30.4 Å². The maximum Gasteiger partial charge on any atom is 0.150 e. The van der Waals surface area contributed by atoms with Crippen LogP contribution < -0.4 is 15.2 Å². The third-order valence-corrected chi connectivity index (χ3v) is 5.98. The molecule has 4 rings (SSSR count). The highest BCUT2D eigenvalue weighted by atomic mass is 16.5. The number of rotatable bonds is 12. The number of nitrogens with two attached hydrogens (primary N) is 1. The van der Waals surface area contributed by atoms with Crippen LogP contribution in [0.3, 0.4) is 0 Å². The zero-order valence-corrected chi connectivity index (χ0v) is 20.4. The molecule has 2 N–H and O–H groups in total. The summed E-state index contributed by atoms with van der Waals surface area (Å²) in [4.78, 5) is 2.33. The van der Waals surface area contributed by atoms with Gasteiger partial charge in [0, 0.05) is 12.1 Å². The van der Waals surface area contributed by atoms with Gasteiger partial charge in [0.05, 0.1) is 6.54 Å². The van der Waals surface area contributed by atoms with E-state index in [9.17, 15) is 0 Å². The van der Waals surface area contributed by atoms with Crippen molar-refractivity contribution in [3.63, 3.8) is 0 Å². The van der Waals surface area contributed by atoms with Crippen LogP contribution in [0.5, 0.6) is 11.5 Å². The van der Waals surface area contributed by atoms with Crippen LogP contribution in [0.1, 0.15) is 25.0 Å². The van der Waals surface area contributed by atoms with E-state index in [1.807, 2.05) is 78.9 Å². The van der Waals surface area contributed by atoms with Crippen LogP contribution in [0.2, 0.25) is 0 Å². The highest BCUT2D eigenvalue weighted by molar-refractivity contribution is 5.70. The van der Waals surface area contributed by atoms with Gasteiger partial charge in [-0.1, -0.05) is 61.5 Å². The Hall–Kier alpha value is -3.84. The van der Waals surface area contributed by atoms with Gasteiger partial charge in [-0.15, -0.1) is 5.10 Å². The number of nitrogens with zero attached hydrogens (tertiary/aromatic N) is 4. The van der Waals surface area contributed by atoms with Crippen molar-refractivity contribution in [1.29, 1.82) is 0 Å². The number of hydrogen-bond acceptors (Lipinski definition) is 6. The Kier molecular flexibility index (Phi) is 8.35. The summed E-state index contributed by atoms with van der Waals surface area (Å²) in [6.07, 6.45) is 0. The largest absolute Gasteiger partial charge is 0.492 e. The molecule has 0 bridgehead atoms. The van der Waals surface area contributed by atoms with Crippen molar-refractivity contribution >= 4 is 5.82 Å². The first-order valence-corrected chi connectivity index (χ1v) is 12.1. The number of hydrogen-bond donors (Lipinski definition) is 1. The first-order chi connectivity index (χ1) is 17.2. The second-order valence-corrected chi connectivity index (χ2v) is 8.30. The lowest BCUT2D eigenvalue weighted by atomic mass is 10.1. The molecule has 4 aromatic rings. The lowest BCUT2D eigenvalue weighted by Gasteiger charge is -2.18. The van der Waals surface area contributed by atoms with E-state index in [1.54, 1.807) is 4.68 Å². The maximum absolute atomic E-state index is 6.38. The number of aromatic nitrogens is 3. The number of anilines is 1. The number of ether oxygens (including phenoxy) is 2. The van der Waals surface area contributed by atoms with E-state index < -0.39 is 0 Å². The predicted octanol–water partition coefficient (Wildman–Crippen LogP) is 4.88. The predicted molar refractivity (Wildman–Crippen MR) is 139 cm³/mol. The Morgan fingerprint density at radius 3 is 2.14 bits per heavy atom. The topological polar surface area (TPSA) is 78.4 Å². The summed E-state index contributed by atoms with van der Waals surface area (Å²) in [5.74, 6) is 2.19. The molecule has 0 aliphatic heterocycles. The van der Waals surface area contributed by atoms with E-state index in [0.717, 1.165) is 47.8 Å². The molecule has 0 fully saturated rings. The van der Waals surface area contributed by atoms with E-state index in [4.69, 9.17) is 15.2 Å². The first-order valence-electron chi connectivity index (χ1n) is 12.1. The van der Waals surface area contributed by atoms with Crippen molar-refractivity contribution in [2.75, 3.05) is 32.0 Å². The molecule has 0 radical (unpaired) electrons. The van der Waals surface area contributed by atoms with Gasteiger partial charge >= 0.3 is 0 Å². The summed E-state index contributed by atoms with van der Waals surface area (Å²) in [5, 5.41) is 8.59. The number of likely N-dealkylation sites (N-methyl/N-ethyl adjacent to an activating group) is 1. The van der Waals surface area contributed by atoms with Gasteiger partial charge in [-0.3, -0.25) is 0 Å². The minimum atomic E-state index is 0.532. The molecule has 0 unspecified atom stereocenters. The third kappa shape index (κ3) is 6.61. The molecule has 0 aliphatic rings. The number of benzene rings is 3. The molecule has 7 nitrogen and oxygen atoms in total.